The van der Waals surface area contributed by atoms with E-state index in [0.717, 1.165) is 0 Å². The lowest BCUT2D eigenvalue weighted by molar-refractivity contribution is 0.0679. The molecule has 3 aromatic rings. The van der Waals surface area contributed by atoms with Crippen molar-refractivity contribution < 1.29 is 9.50 Å². The Labute approximate surface area is 179 Å². The number of hydrogen-bond acceptors (Lipinski definition) is 6. The van der Waals surface area contributed by atoms with Crippen LogP contribution in [0.25, 0.3) is 22.6 Å². The van der Waals surface area contributed by atoms with E-state index in [0.29, 0.717) is 48.5 Å². The Morgan fingerprint density at radius 2 is 1.93 bits per heavy atom. The number of nitrogens with two attached hydrogens (primary N) is 1. The standard InChI is InChI=1S/C19H19FN6O.2ClH/c1-26-17(12-3-2-4-13(20)11-12)25-15-16(21)23-14(24-18(15)26)5-6-19(27)7-9-22-10-8-19;;/h2-4,11,22,27H,7-10H2,1H3,(H2,21,23,24);2*1H. The Morgan fingerprint density at radius 1 is 1.21 bits per heavy atom. The maximum absolute atomic E-state index is 13.6. The number of nitrogen functional groups attached to an aromatic ring is 1. The topological polar surface area (TPSA) is 102 Å². The average molecular weight is 439 g/mol. The summed E-state index contributed by atoms with van der Waals surface area (Å²) in [7, 11) is 1.78. The number of nitrogens with zero attached hydrogens (tertiary/aromatic N) is 4. The van der Waals surface area contributed by atoms with Gasteiger partial charge >= 0.3 is 0 Å². The summed E-state index contributed by atoms with van der Waals surface area (Å²) in [5.41, 5.74) is 6.56. The molecule has 1 aromatic carbocycles. The van der Waals surface area contributed by atoms with Crippen LogP contribution in [0.3, 0.4) is 0 Å². The molecule has 1 aliphatic rings. The second kappa shape index (κ2) is 8.93. The van der Waals surface area contributed by atoms with Gasteiger partial charge in [0.15, 0.2) is 17.0 Å². The summed E-state index contributed by atoms with van der Waals surface area (Å²) in [6.07, 6.45) is 1.10. The van der Waals surface area contributed by atoms with E-state index in [9.17, 15) is 9.50 Å². The lowest BCUT2D eigenvalue weighted by atomic mass is 9.93. The molecule has 1 aliphatic heterocycles. The fraction of sp³-hybridized carbons (Fsp3) is 0.316. The first kappa shape index (κ1) is 22.8. The van der Waals surface area contributed by atoms with Crippen LogP contribution < -0.4 is 11.1 Å². The second-order valence-electron chi connectivity index (χ2n) is 6.64. The Balaban J connectivity index is 0.00000150. The van der Waals surface area contributed by atoms with Gasteiger partial charge in [-0.15, -0.1) is 24.8 Å². The van der Waals surface area contributed by atoms with Gasteiger partial charge in [-0.1, -0.05) is 18.1 Å². The van der Waals surface area contributed by atoms with E-state index in [4.69, 9.17) is 5.73 Å². The number of halogens is 3. The van der Waals surface area contributed by atoms with Crippen molar-refractivity contribution >= 4 is 41.8 Å². The van der Waals surface area contributed by atoms with Crippen LogP contribution >= 0.6 is 24.8 Å². The quantitative estimate of drug-likeness (QED) is 0.502. The molecule has 0 amide bonds. The average Bonchev–Trinajstić information content (AvgIpc) is 2.98. The number of piperidine rings is 1. The first-order chi connectivity index (χ1) is 13.0. The van der Waals surface area contributed by atoms with Crippen LogP contribution in [0.4, 0.5) is 10.2 Å². The summed E-state index contributed by atoms with van der Waals surface area (Å²) in [5.74, 6) is 6.32. The molecule has 0 atom stereocenters. The molecule has 154 valence electrons. The number of aryl methyl sites for hydroxylation is 1. The third-order valence-electron chi connectivity index (χ3n) is 4.67. The van der Waals surface area contributed by atoms with Crippen LogP contribution in [0.15, 0.2) is 24.3 Å². The number of benzene rings is 1. The monoisotopic (exact) mass is 438 g/mol. The maximum Gasteiger partial charge on any atom is 0.209 e. The smallest absolute Gasteiger partial charge is 0.209 e. The molecule has 1 saturated heterocycles. The van der Waals surface area contributed by atoms with Crippen LogP contribution in [0.5, 0.6) is 0 Å². The zero-order valence-corrected chi connectivity index (χ0v) is 17.3. The van der Waals surface area contributed by atoms with E-state index in [2.05, 4.69) is 32.1 Å². The normalized spacial score (nSPS) is 15.0. The predicted molar refractivity (Wildman–Crippen MR) is 115 cm³/mol. The number of aromatic nitrogens is 4. The molecular formula is C19H21Cl2FN6O. The van der Waals surface area contributed by atoms with Crippen LogP contribution in [-0.2, 0) is 7.05 Å². The number of nitrogens with one attached hydrogen (secondary N) is 1. The molecule has 0 aliphatic carbocycles. The van der Waals surface area contributed by atoms with Crippen molar-refractivity contribution in [2.45, 2.75) is 18.4 Å². The number of rotatable bonds is 1. The summed E-state index contributed by atoms with van der Waals surface area (Å²) in [5, 5.41) is 13.7. The molecule has 1 fully saturated rings. The fourth-order valence-electron chi connectivity index (χ4n) is 3.16. The molecule has 3 heterocycles. The van der Waals surface area contributed by atoms with Crippen molar-refractivity contribution in [1.82, 2.24) is 24.8 Å². The number of anilines is 1. The SMILES string of the molecule is Cl.Cl.Cn1c(-c2cccc(F)c2)nc2c(N)nc(C#CC3(O)CCNCC3)nc21. The van der Waals surface area contributed by atoms with Gasteiger partial charge in [0.05, 0.1) is 0 Å². The van der Waals surface area contributed by atoms with Crippen molar-refractivity contribution in [3.8, 4) is 23.2 Å². The third-order valence-corrected chi connectivity index (χ3v) is 4.67. The van der Waals surface area contributed by atoms with E-state index >= 15 is 0 Å². The highest BCUT2D eigenvalue weighted by Gasteiger charge is 2.26. The zero-order valence-electron chi connectivity index (χ0n) is 15.6. The molecule has 0 saturated carbocycles. The number of fused-ring (bicyclic) bond motifs is 1. The van der Waals surface area contributed by atoms with Crippen molar-refractivity contribution in [1.29, 1.82) is 0 Å². The van der Waals surface area contributed by atoms with Gasteiger partial charge in [-0.2, -0.15) is 0 Å². The van der Waals surface area contributed by atoms with Gasteiger partial charge in [0, 0.05) is 12.6 Å². The molecular weight excluding hydrogens is 418 g/mol. The van der Waals surface area contributed by atoms with E-state index in [1.165, 1.54) is 12.1 Å². The molecule has 10 heteroatoms. The van der Waals surface area contributed by atoms with Crippen LogP contribution in [0.1, 0.15) is 18.7 Å². The lowest BCUT2D eigenvalue weighted by Crippen LogP contribution is -2.40. The fourth-order valence-corrected chi connectivity index (χ4v) is 3.16. The minimum absolute atomic E-state index is 0. The number of aliphatic hydroxyl groups is 1. The first-order valence-electron chi connectivity index (χ1n) is 8.67. The Hall–Kier alpha value is -2.44. The third kappa shape index (κ3) is 4.60. The summed E-state index contributed by atoms with van der Waals surface area (Å²) < 4.78 is 15.3. The molecule has 0 bridgehead atoms. The first-order valence-corrected chi connectivity index (χ1v) is 8.67. The van der Waals surface area contributed by atoms with E-state index in [-0.39, 0.29) is 42.3 Å². The highest BCUT2D eigenvalue weighted by Crippen LogP contribution is 2.25. The highest BCUT2D eigenvalue weighted by molar-refractivity contribution is 5.86. The Morgan fingerprint density at radius 3 is 2.62 bits per heavy atom. The number of hydrogen-bond donors (Lipinski definition) is 3. The van der Waals surface area contributed by atoms with Gasteiger partial charge in [0.2, 0.25) is 5.82 Å². The second-order valence-corrected chi connectivity index (χ2v) is 6.64. The van der Waals surface area contributed by atoms with Gasteiger partial charge in [0.25, 0.3) is 0 Å². The zero-order chi connectivity index (χ0) is 19.0. The minimum Gasteiger partial charge on any atom is -0.382 e. The molecule has 4 N–H and O–H groups in total. The van der Waals surface area contributed by atoms with Gasteiger partial charge in [0.1, 0.15) is 17.2 Å². The van der Waals surface area contributed by atoms with Crippen LogP contribution in [0.2, 0.25) is 0 Å². The molecule has 7 nitrogen and oxygen atoms in total. The summed E-state index contributed by atoms with van der Waals surface area (Å²) in [4.78, 5) is 13.1. The Kier molecular flexibility index (Phi) is 7.03. The minimum atomic E-state index is -1.04. The highest BCUT2D eigenvalue weighted by atomic mass is 35.5. The van der Waals surface area contributed by atoms with Gasteiger partial charge < -0.3 is 20.7 Å². The molecule has 4 rings (SSSR count). The van der Waals surface area contributed by atoms with Crippen molar-refractivity contribution in [2.75, 3.05) is 18.8 Å². The molecule has 29 heavy (non-hydrogen) atoms. The largest absolute Gasteiger partial charge is 0.382 e. The summed E-state index contributed by atoms with van der Waals surface area (Å²) >= 11 is 0. The van der Waals surface area contributed by atoms with E-state index in [1.807, 2.05) is 0 Å². The van der Waals surface area contributed by atoms with Crippen molar-refractivity contribution in [3.63, 3.8) is 0 Å². The van der Waals surface area contributed by atoms with Crippen molar-refractivity contribution in [3.05, 3.63) is 35.9 Å². The Bertz CT molecular complexity index is 1090. The molecule has 2 aromatic heterocycles. The molecule has 0 radical (unpaired) electrons. The van der Waals surface area contributed by atoms with E-state index in [1.54, 1.807) is 23.7 Å². The van der Waals surface area contributed by atoms with E-state index < -0.39 is 5.60 Å². The maximum atomic E-state index is 13.6. The lowest BCUT2D eigenvalue weighted by Gasteiger charge is -2.27. The van der Waals surface area contributed by atoms with Gasteiger partial charge in [-0.25, -0.2) is 19.3 Å². The number of imidazole rings is 1. The van der Waals surface area contributed by atoms with Crippen LogP contribution in [-0.4, -0.2) is 43.3 Å². The van der Waals surface area contributed by atoms with Crippen LogP contribution in [0, 0.1) is 17.7 Å². The summed E-state index contributed by atoms with van der Waals surface area (Å²) in [6, 6.07) is 6.16. The molecule has 0 unspecified atom stereocenters. The van der Waals surface area contributed by atoms with Gasteiger partial charge in [-0.3, -0.25) is 0 Å². The summed E-state index contributed by atoms with van der Waals surface area (Å²) in [6.45, 7) is 1.43. The predicted octanol–water partition coefficient (Wildman–Crippen LogP) is 2.06. The molecule has 0 spiro atoms. The van der Waals surface area contributed by atoms with Gasteiger partial charge in [-0.05, 0) is 44.0 Å². The van der Waals surface area contributed by atoms with Crippen molar-refractivity contribution in [2.24, 2.45) is 7.05 Å².